The van der Waals surface area contributed by atoms with Crippen molar-refractivity contribution < 1.29 is 14.3 Å². The zero-order valence-electron chi connectivity index (χ0n) is 17.2. The topological polar surface area (TPSA) is 89.1 Å². The molecule has 0 aliphatic carbocycles. The fraction of sp³-hybridized carbons (Fsp3) is 0.364. The van der Waals surface area contributed by atoms with E-state index in [1.807, 2.05) is 45.9 Å². The molecule has 1 aromatic carbocycles. The fourth-order valence-corrected chi connectivity index (χ4v) is 4.20. The van der Waals surface area contributed by atoms with E-state index in [-0.39, 0.29) is 24.2 Å². The van der Waals surface area contributed by atoms with Gasteiger partial charge in [-0.25, -0.2) is 4.98 Å². The number of aryl methyl sites for hydroxylation is 4. The van der Waals surface area contributed by atoms with Crippen molar-refractivity contribution in [1.82, 2.24) is 9.97 Å². The van der Waals surface area contributed by atoms with Crippen molar-refractivity contribution in [1.29, 1.82) is 0 Å². The number of hydrogen-bond donors (Lipinski definition) is 1. The van der Waals surface area contributed by atoms with E-state index in [0.29, 0.717) is 21.6 Å². The van der Waals surface area contributed by atoms with Crippen LogP contribution >= 0.6 is 11.3 Å². The molecular weight excluding hydrogens is 388 g/mol. The van der Waals surface area contributed by atoms with Crippen LogP contribution in [0.25, 0.3) is 10.2 Å². The number of hydrogen-bond acceptors (Lipinski definition) is 6. The highest BCUT2D eigenvalue weighted by Crippen LogP contribution is 2.27. The van der Waals surface area contributed by atoms with E-state index >= 15 is 0 Å². The largest absolute Gasteiger partial charge is 0.454 e. The van der Waals surface area contributed by atoms with Crippen molar-refractivity contribution in [2.24, 2.45) is 0 Å². The normalized spacial score (nSPS) is 12.2. The number of benzene rings is 1. The van der Waals surface area contributed by atoms with E-state index in [1.54, 1.807) is 6.92 Å². The van der Waals surface area contributed by atoms with Crippen molar-refractivity contribution in [3.8, 4) is 0 Å². The number of aromatic nitrogens is 2. The highest BCUT2D eigenvalue weighted by atomic mass is 32.1. The lowest BCUT2D eigenvalue weighted by Crippen LogP contribution is -2.17. The zero-order chi connectivity index (χ0) is 21.3. The first kappa shape index (κ1) is 20.9. The van der Waals surface area contributed by atoms with Gasteiger partial charge in [-0.15, -0.1) is 11.3 Å². The minimum absolute atomic E-state index is 0.0275. The molecule has 0 aliphatic rings. The number of H-pyrrole nitrogens is 1. The summed E-state index contributed by atoms with van der Waals surface area (Å²) >= 11 is 1.44. The SMILES string of the molecule is Cc1ccc(C)c(C(=O)CCC(=O)O[C@@H](C)c2nc3sc(C)c(C)c3c(=O)[nH]2)c1. The maximum atomic E-state index is 12.4. The fourth-order valence-electron chi connectivity index (χ4n) is 3.16. The van der Waals surface area contributed by atoms with Gasteiger partial charge in [0.15, 0.2) is 17.7 Å². The summed E-state index contributed by atoms with van der Waals surface area (Å²) in [5.41, 5.74) is 3.20. The zero-order valence-corrected chi connectivity index (χ0v) is 18.0. The summed E-state index contributed by atoms with van der Waals surface area (Å²) in [6, 6.07) is 5.68. The monoisotopic (exact) mass is 412 g/mol. The summed E-state index contributed by atoms with van der Waals surface area (Å²) in [5, 5.41) is 0.578. The molecule has 152 valence electrons. The molecule has 0 amide bonds. The number of ether oxygens (including phenoxy) is 1. The van der Waals surface area contributed by atoms with Gasteiger partial charge in [-0.1, -0.05) is 17.7 Å². The van der Waals surface area contributed by atoms with E-state index < -0.39 is 12.1 Å². The van der Waals surface area contributed by atoms with Gasteiger partial charge in [-0.2, -0.15) is 0 Å². The predicted octanol–water partition coefficient (Wildman–Crippen LogP) is 4.49. The highest BCUT2D eigenvalue weighted by molar-refractivity contribution is 7.18. The Hall–Kier alpha value is -2.80. The molecule has 1 atom stereocenters. The van der Waals surface area contributed by atoms with Crippen LogP contribution in [0.1, 0.15) is 63.6 Å². The number of nitrogens with one attached hydrogen (secondary N) is 1. The quantitative estimate of drug-likeness (QED) is 0.476. The number of Topliss-reactive ketones (excluding diaryl/α,β-unsaturated/α-hetero) is 1. The van der Waals surface area contributed by atoms with Crippen LogP contribution in [0, 0.1) is 27.7 Å². The van der Waals surface area contributed by atoms with E-state index in [0.717, 1.165) is 21.6 Å². The Balaban J connectivity index is 1.66. The van der Waals surface area contributed by atoms with Crippen LogP contribution in [0.4, 0.5) is 0 Å². The number of carbonyl (C=O) groups excluding carboxylic acids is 2. The number of ketones is 1. The number of rotatable bonds is 6. The number of fused-ring (bicyclic) bond motifs is 1. The van der Waals surface area contributed by atoms with Crippen LogP contribution in [0.2, 0.25) is 0 Å². The Morgan fingerprint density at radius 3 is 2.62 bits per heavy atom. The summed E-state index contributed by atoms with van der Waals surface area (Å²) in [4.78, 5) is 45.9. The average Bonchev–Trinajstić information content (AvgIpc) is 2.96. The average molecular weight is 413 g/mol. The lowest BCUT2D eigenvalue weighted by Gasteiger charge is -2.12. The second-order valence-electron chi connectivity index (χ2n) is 7.29. The molecular formula is C22H24N2O4S. The van der Waals surface area contributed by atoms with Crippen LogP contribution in [0.3, 0.4) is 0 Å². The van der Waals surface area contributed by atoms with Gasteiger partial charge < -0.3 is 9.72 Å². The van der Waals surface area contributed by atoms with Crippen molar-refractivity contribution in [3.63, 3.8) is 0 Å². The number of thiophene rings is 1. The standard InChI is InChI=1S/C22H24N2O4S/c1-11-6-7-12(2)16(10-11)17(25)8-9-18(26)28-14(4)20-23-21(27)19-13(3)15(5)29-22(19)24-20/h6-7,10,14H,8-9H2,1-5H3,(H,23,24,27)/t14-/m0/s1. The Kier molecular flexibility index (Phi) is 5.98. The van der Waals surface area contributed by atoms with Gasteiger partial charge in [0.25, 0.3) is 5.56 Å². The first-order valence-corrected chi connectivity index (χ1v) is 10.3. The Morgan fingerprint density at radius 2 is 1.90 bits per heavy atom. The Bertz CT molecular complexity index is 1160. The van der Waals surface area contributed by atoms with Crippen LogP contribution in [-0.2, 0) is 9.53 Å². The van der Waals surface area contributed by atoms with Crippen LogP contribution in [0.15, 0.2) is 23.0 Å². The number of esters is 1. The van der Waals surface area contributed by atoms with Crippen molar-refractivity contribution in [2.45, 2.75) is 53.6 Å². The summed E-state index contributed by atoms with van der Waals surface area (Å²) in [6.07, 6.45) is -0.666. The van der Waals surface area contributed by atoms with E-state index in [2.05, 4.69) is 9.97 Å². The third-order valence-corrected chi connectivity index (χ3v) is 6.10. The van der Waals surface area contributed by atoms with E-state index in [9.17, 15) is 14.4 Å². The second kappa shape index (κ2) is 8.29. The van der Waals surface area contributed by atoms with Crippen molar-refractivity contribution in [3.05, 3.63) is 61.5 Å². The van der Waals surface area contributed by atoms with Gasteiger partial charge in [0, 0.05) is 16.9 Å². The number of carbonyl (C=O) groups is 2. The van der Waals surface area contributed by atoms with Crippen molar-refractivity contribution in [2.75, 3.05) is 0 Å². The smallest absolute Gasteiger partial charge is 0.306 e. The molecule has 0 saturated carbocycles. The second-order valence-corrected chi connectivity index (χ2v) is 8.49. The lowest BCUT2D eigenvalue weighted by atomic mass is 9.99. The lowest BCUT2D eigenvalue weighted by molar-refractivity contribution is -0.148. The van der Waals surface area contributed by atoms with E-state index in [4.69, 9.17) is 4.74 Å². The molecule has 2 aromatic heterocycles. The van der Waals surface area contributed by atoms with Gasteiger partial charge in [-0.05, 0) is 51.8 Å². The third-order valence-electron chi connectivity index (χ3n) is 5.00. The van der Waals surface area contributed by atoms with Gasteiger partial charge in [-0.3, -0.25) is 14.4 Å². The van der Waals surface area contributed by atoms with Crippen LogP contribution in [0.5, 0.6) is 0 Å². The maximum absolute atomic E-state index is 12.4. The summed E-state index contributed by atoms with van der Waals surface area (Å²) < 4.78 is 5.40. The molecule has 2 heterocycles. The first-order chi connectivity index (χ1) is 13.7. The Morgan fingerprint density at radius 1 is 1.17 bits per heavy atom. The van der Waals surface area contributed by atoms with Gasteiger partial charge in [0.05, 0.1) is 11.8 Å². The summed E-state index contributed by atoms with van der Waals surface area (Å²) in [6.45, 7) is 9.28. The van der Waals surface area contributed by atoms with Gasteiger partial charge in [0.2, 0.25) is 0 Å². The third kappa shape index (κ3) is 4.45. The van der Waals surface area contributed by atoms with Crippen LogP contribution < -0.4 is 5.56 Å². The first-order valence-electron chi connectivity index (χ1n) is 9.47. The summed E-state index contributed by atoms with van der Waals surface area (Å²) in [7, 11) is 0. The molecule has 0 fully saturated rings. The molecule has 7 heteroatoms. The molecule has 0 radical (unpaired) electrons. The molecule has 3 rings (SSSR count). The predicted molar refractivity (Wildman–Crippen MR) is 114 cm³/mol. The van der Waals surface area contributed by atoms with Gasteiger partial charge >= 0.3 is 5.97 Å². The molecule has 1 N–H and O–H groups in total. The molecule has 6 nitrogen and oxygen atoms in total. The molecule has 0 bridgehead atoms. The molecule has 3 aromatic rings. The Labute approximate surface area is 172 Å². The van der Waals surface area contributed by atoms with Gasteiger partial charge in [0.1, 0.15) is 4.83 Å². The molecule has 0 aliphatic heterocycles. The molecule has 0 saturated heterocycles. The minimum Gasteiger partial charge on any atom is -0.454 e. The van der Waals surface area contributed by atoms with E-state index in [1.165, 1.54) is 11.3 Å². The molecule has 0 unspecified atom stereocenters. The summed E-state index contributed by atoms with van der Waals surface area (Å²) in [5.74, 6) is -0.288. The number of aromatic amines is 1. The maximum Gasteiger partial charge on any atom is 0.306 e. The minimum atomic E-state index is -0.710. The van der Waals surface area contributed by atoms with Crippen LogP contribution in [-0.4, -0.2) is 21.7 Å². The molecule has 0 spiro atoms. The molecule has 29 heavy (non-hydrogen) atoms. The number of nitrogens with zero attached hydrogens (tertiary/aromatic N) is 1. The van der Waals surface area contributed by atoms with Crippen molar-refractivity contribution >= 4 is 33.3 Å². The highest BCUT2D eigenvalue weighted by Gasteiger charge is 2.19.